The first-order valence-corrected chi connectivity index (χ1v) is 12.0. The van der Waals surface area contributed by atoms with Crippen LogP contribution in [0.1, 0.15) is 43.7 Å². The number of thioether (sulfide) groups is 1. The lowest BCUT2D eigenvalue weighted by Gasteiger charge is -2.44. The molecule has 2 aromatic rings. The zero-order valence-corrected chi connectivity index (χ0v) is 18.6. The molecule has 2 atom stereocenters. The third-order valence-corrected chi connectivity index (χ3v) is 7.05. The Balaban J connectivity index is 1.28. The standard InChI is InChI=1S/C25H32N2O2S/c1-20-24(29)27(25(20)30-19-22-15-9-5-10-16-22)18-23(28)26-17-11-3-2-6-12-21-13-7-4-8-14-21/h4-5,7-10,13-16,20,25H,2-3,6,11-12,17-19H2,1H3,(H,26,28)/t20-,25+/m1/s1. The normalized spacial score (nSPS) is 18.2. The van der Waals surface area contributed by atoms with Crippen LogP contribution < -0.4 is 5.32 Å². The highest BCUT2D eigenvalue weighted by Gasteiger charge is 2.44. The zero-order chi connectivity index (χ0) is 21.2. The smallest absolute Gasteiger partial charge is 0.239 e. The Labute approximate surface area is 184 Å². The number of hydrogen-bond acceptors (Lipinski definition) is 3. The Hall–Kier alpha value is -2.27. The fourth-order valence-electron chi connectivity index (χ4n) is 3.75. The highest BCUT2D eigenvalue weighted by molar-refractivity contribution is 7.99. The molecule has 0 aromatic heterocycles. The SMILES string of the molecule is C[C@@H]1C(=O)N(CC(=O)NCCCCCCc2ccccc2)[C@H]1SCc1ccccc1. The quantitative estimate of drug-likeness (QED) is 0.399. The molecule has 2 amide bonds. The van der Waals surface area contributed by atoms with Gasteiger partial charge in [-0.3, -0.25) is 9.59 Å². The molecule has 2 aromatic carbocycles. The second kappa shape index (κ2) is 11.8. The number of rotatable bonds is 12. The highest BCUT2D eigenvalue weighted by atomic mass is 32.2. The van der Waals surface area contributed by atoms with E-state index in [2.05, 4.69) is 41.7 Å². The molecule has 160 valence electrons. The predicted molar refractivity (Wildman–Crippen MR) is 124 cm³/mol. The molecule has 0 bridgehead atoms. The summed E-state index contributed by atoms with van der Waals surface area (Å²) in [6.45, 7) is 2.81. The number of nitrogens with zero attached hydrogens (tertiary/aromatic N) is 1. The number of β-lactam (4-membered cyclic amide) rings is 1. The maximum Gasteiger partial charge on any atom is 0.239 e. The molecule has 5 heteroatoms. The Morgan fingerprint density at radius 3 is 2.27 bits per heavy atom. The van der Waals surface area contributed by atoms with Gasteiger partial charge in [0.1, 0.15) is 6.54 Å². The number of hydrogen-bond donors (Lipinski definition) is 1. The van der Waals surface area contributed by atoms with E-state index in [1.54, 1.807) is 16.7 Å². The van der Waals surface area contributed by atoms with Crippen molar-refractivity contribution in [2.45, 2.75) is 50.2 Å². The third-order valence-electron chi connectivity index (χ3n) is 5.54. The molecule has 1 heterocycles. The summed E-state index contributed by atoms with van der Waals surface area (Å²) in [4.78, 5) is 26.2. The summed E-state index contributed by atoms with van der Waals surface area (Å²) in [7, 11) is 0. The van der Waals surface area contributed by atoms with Gasteiger partial charge in [0.05, 0.1) is 11.3 Å². The minimum atomic E-state index is -0.0511. The second-order valence-electron chi connectivity index (χ2n) is 7.94. The number of nitrogens with one attached hydrogen (secondary N) is 1. The molecule has 1 aliphatic rings. The van der Waals surface area contributed by atoms with Crippen molar-refractivity contribution >= 4 is 23.6 Å². The van der Waals surface area contributed by atoms with Gasteiger partial charge >= 0.3 is 0 Å². The van der Waals surface area contributed by atoms with Crippen molar-refractivity contribution in [2.75, 3.05) is 13.1 Å². The fraction of sp³-hybridized carbons (Fsp3) is 0.440. The molecule has 1 aliphatic heterocycles. The molecular weight excluding hydrogens is 392 g/mol. The van der Waals surface area contributed by atoms with Gasteiger partial charge in [-0.2, -0.15) is 0 Å². The van der Waals surface area contributed by atoms with E-state index in [0.717, 1.165) is 25.0 Å². The van der Waals surface area contributed by atoms with Crippen LogP contribution in [0.25, 0.3) is 0 Å². The van der Waals surface area contributed by atoms with Crippen molar-refractivity contribution in [1.82, 2.24) is 10.2 Å². The first kappa shape index (κ1) is 22.4. The van der Waals surface area contributed by atoms with Crippen LogP contribution in [0.15, 0.2) is 60.7 Å². The molecule has 1 saturated heterocycles. The van der Waals surface area contributed by atoms with E-state index >= 15 is 0 Å². The van der Waals surface area contributed by atoms with Gasteiger partial charge in [0.25, 0.3) is 0 Å². The Morgan fingerprint density at radius 1 is 0.933 bits per heavy atom. The summed E-state index contributed by atoms with van der Waals surface area (Å²) in [5, 5.41) is 3.06. The number of unbranched alkanes of at least 4 members (excludes halogenated alkanes) is 3. The van der Waals surface area contributed by atoms with Crippen molar-refractivity contribution in [3.05, 3.63) is 71.8 Å². The van der Waals surface area contributed by atoms with Crippen molar-refractivity contribution in [1.29, 1.82) is 0 Å². The minimum absolute atomic E-state index is 0.0175. The summed E-state index contributed by atoms with van der Waals surface area (Å²) in [6.07, 6.45) is 5.56. The number of likely N-dealkylation sites (tertiary alicyclic amines) is 1. The van der Waals surface area contributed by atoms with Crippen LogP contribution in [-0.2, 0) is 21.8 Å². The second-order valence-corrected chi connectivity index (χ2v) is 9.05. The van der Waals surface area contributed by atoms with Crippen LogP contribution in [0.5, 0.6) is 0 Å². The summed E-state index contributed by atoms with van der Waals surface area (Å²) in [5.41, 5.74) is 2.63. The maximum atomic E-state index is 12.3. The number of carbonyl (C=O) groups is 2. The average Bonchev–Trinajstić information content (AvgIpc) is 2.79. The summed E-state index contributed by atoms with van der Waals surface area (Å²) in [6, 6.07) is 20.8. The summed E-state index contributed by atoms with van der Waals surface area (Å²) >= 11 is 1.74. The van der Waals surface area contributed by atoms with E-state index in [-0.39, 0.29) is 29.7 Å². The van der Waals surface area contributed by atoms with E-state index in [1.807, 2.05) is 31.2 Å². The van der Waals surface area contributed by atoms with E-state index < -0.39 is 0 Å². The predicted octanol–water partition coefficient (Wildman–Crippen LogP) is 4.64. The molecular formula is C25H32N2O2S. The van der Waals surface area contributed by atoms with Crippen LogP contribution >= 0.6 is 11.8 Å². The van der Waals surface area contributed by atoms with Gasteiger partial charge in [-0.1, -0.05) is 80.4 Å². The third kappa shape index (κ3) is 6.63. The van der Waals surface area contributed by atoms with Gasteiger partial charge in [-0.25, -0.2) is 0 Å². The van der Waals surface area contributed by atoms with Crippen LogP contribution in [0, 0.1) is 5.92 Å². The molecule has 1 N–H and O–H groups in total. The summed E-state index contributed by atoms with van der Waals surface area (Å²) < 4.78 is 0. The molecule has 4 nitrogen and oxygen atoms in total. The van der Waals surface area contributed by atoms with E-state index in [1.165, 1.54) is 24.0 Å². The Bertz CT molecular complexity index is 797. The van der Waals surface area contributed by atoms with E-state index in [0.29, 0.717) is 6.54 Å². The number of benzene rings is 2. The maximum absolute atomic E-state index is 12.3. The van der Waals surface area contributed by atoms with E-state index in [9.17, 15) is 9.59 Å². The minimum Gasteiger partial charge on any atom is -0.355 e. The van der Waals surface area contributed by atoms with Gasteiger partial charge < -0.3 is 10.2 Å². The zero-order valence-electron chi connectivity index (χ0n) is 17.8. The van der Waals surface area contributed by atoms with Crippen molar-refractivity contribution in [2.24, 2.45) is 5.92 Å². The monoisotopic (exact) mass is 424 g/mol. The lowest BCUT2D eigenvalue weighted by atomic mass is 10.0. The molecule has 0 saturated carbocycles. The molecule has 3 rings (SSSR count). The number of aryl methyl sites for hydroxylation is 1. The lowest BCUT2D eigenvalue weighted by Crippen LogP contribution is -2.60. The summed E-state index contributed by atoms with van der Waals surface area (Å²) in [5.74, 6) is 0.863. The topological polar surface area (TPSA) is 49.4 Å². The number of carbonyl (C=O) groups excluding carboxylic acids is 2. The first-order valence-electron chi connectivity index (χ1n) is 10.9. The molecule has 30 heavy (non-hydrogen) atoms. The van der Waals surface area contributed by atoms with Gasteiger partial charge in [0.15, 0.2) is 0 Å². The van der Waals surface area contributed by atoms with Crippen molar-refractivity contribution in [3.63, 3.8) is 0 Å². The molecule has 0 unspecified atom stereocenters. The van der Waals surface area contributed by atoms with Crippen LogP contribution in [-0.4, -0.2) is 35.2 Å². The van der Waals surface area contributed by atoms with Crippen LogP contribution in [0.4, 0.5) is 0 Å². The fourth-order valence-corrected chi connectivity index (χ4v) is 5.06. The molecule has 0 radical (unpaired) electrons. The van der Waals surface area contributed by atoms with E-state index in [4.69, 9.17) is 0 Å². The molecule has 0 spiro atoms. The van der Waals surface area contributed by atoms with Crippen LogP contribution in [0.3, 0.4) is 0 Å². The lowest BCUT2D eigenvalue weighted by molar-refractivity contribution is -0.152. The van der Waals surface area contributed by atoms with Gasteiger partial charge in [0, 0.05) is 12.3 Å². The van der Waals surface area contributed by atoms with Crippen LogP contribution in [0.2, 0.25) is 0 Å². The largest absolute Gasteiger partial charge is 0.355 e. The first-order chi connectivity index (χ1) is 14.6. The highest BCUT2D eigenvalue weighted by Crippen LogP contribution is 2.36. The van der Waals surface area contributed by atoms with Crippen molar-refractivity contribution < 1.29 is 9.59 Å². The molecule has 0 aliphatic carbocycles. The van der Waals surface area contributed by atoms with Gasteiger partial charge in [-0.15, -0.1) is 11.8 Å². The van der Waals surface area contributed by atoms with Gasteiger partial charge in [0.2, 0.25) is 11.8 Å². The van der Waals surface area contributed by atoms with Crippen molar-refractivity contribution in [3.8, 4) is 0 Å². The number of amides is 2. The Morgan fingerprint density at radius 2 is 1.57 bits per heavy atom. The van der Waals surface area contributed by atoms with Gasteiger partial charge in [-0.05, 0) is 30.4 Å². The molecule has 1 fully saturated rings. The Kier molecular flexibility index (Phi) is 8.81. The average molecular weight is 425 g/mol.